The minimum atomic E-state index is -0.744. The number of carbonyl (C=O) groups is 4. The number of aryl methyl sites for hydroxylation is 1. The van der Waals surface area contributed by atoms with Crippen molar-refractivity contribution in [2.75, 3.05) is 44.6 Å². The maximum absolute atomic E-state index is 13.2. The summed E-state index contributed by atoms with van der Waals surface area (Å²) >= 11 is 0. The topological polar surface area (TPSA) is 194 Å². The first-order valence-electron chi connectivity index (χ1n) is 18.9. The number of amides is 4. The Bertz CT molecular complexity index is 2200. The Morgan fingerprint density at radius 3 is 2.62 bits per heavy atom. The van der Waals surface area contributed by atoms with E-state index in [2.05, 4.69) is 52.9 Å². The Balaban J connectivity index is 0.878. The first kappa shape index (κ1) is 37.6. The first-order valence-corrected chi connectivity index (χ1v) is 18.9. The van der Waals surface area contributed by atoms with Crippen LogP contribution < -0.4 is 21.6 Å². The van der Waals surface area contributed by atoms with Crippen LogP contribution in [0.4, 0.5) is 10.6 Å². The van der Waals surface area contributed by atoms with Gasteiger partial charge >= 0.3 is 11.8 Å². The molecule has 1 saturated carbocycles. The van der Waals surface area contributed by atoms with Crippen LogP contribution in [-0.2, 0) is 27.9 Å². The summed E-state index contributed by atoms with van der Waals surface area (Å²) in [5, 5.41) is 19.8. The van der Waals surface area contributed by atoms with E-state index in [9.17, 15) is 24.0 Å². The van der Waals surface area contributed by atoms with Gasteiger partial charge in [0, 0.05) is 70.4 Å². The number of fused-ring (bicyclic) bond motifs is 1. The molecule has 4 aromatic rings. The molecule has 5 heterocycles. The van der Waals surface area contributed by atoms with Crippen LogP contribution in [0, 0.1) is 11.8 Å². The van der Waals surface area contributed by atoms with E-state index in [0.29, 0.717) is 47.6 Å². The average molecular weight is 754 g/mol. The highest BCUT2D eigenvalue weighted by Gasteiger charge is 2.32. The summed E-state index contributed by atoms with van der Waals surface area (Å²) in [5.41, 5.74) is 2.95. The lowest BCUT2D eigenvalue weighted by atomic mass is 10.0. The fourth-order valence-corrected chi connectivity index (χ4v) is 7.66. The van der Waals surface area contributed by atoms with Crippen molar-refractivity contribution in [2.45, 2.75) is 76.6 Å². The number of carbonyl (C=O) groups excluding carboxylic acids is 4. The summed E-state index contributed by atoms with van der Waals surface area (Å²) in [6.07, 6.45) is 3.81. The van der Waals surface area contributed by atoms with Crippen LogP contribution in [0.25, 0.3) is 11.0 Å². The molecular formula is C38H47N11O6. The predicted molar refractivity (Wildman–Crippen MR) is 202 cm³/mol. The molecule has 4 amide bonds. The highest BCUT2D eigenvalue weighted by molar-refractivity contribution is 6.02. The average Bonchev–Trinajstić information content (AvgIpc) is 3.96. The van der Waals surface area contributed by atoms with E-state index in [1.807, 2.05) is 32.0 Å². The Kier molecular flexibility index (Phi) is 11.2. The molecule has 55 heavy (non-hydrogen) atoms. The smallest absolute Gasteiger partial charge is 0.407 e. The molecule has 3 fully saturated rings. The number of benzene rings is 1. The van der Waals surface area contributed by atoms with Crippen LogP contribution in [0.1, 0.15) is 79.7 Å². The molecule has 290 valence electrons. The first-order chi connectivity index (χ1) is 26.5. The lowest BCUT2D eigenvalue weighted by Gasteiger charge is -2.33. The molecule has 1 unspecified atom stereocenters. The second-order valence-electron chi connectivity index (χ2n) is 14.7. The molecule has 3 aliphatic rings. The van der Waals surface area contributed by atoms with Gasteiger partial charge in [-0.1, -0.05) is 17.9 Å². The van der Waals surface area contributed by atoms with E-state index >= 15 is 0 Å². The van der Waals surface area contributed by atoms with Crippen molar-refractivity contribution < 1.29 is 23.9 Å². The quantitative estimate of drug-likeness (QED) is 0.137. The number of hydrogen-bond donors (Lipinski definition) is 4. The van der Waals surface area contributed by atoms with Crippen LogP contribution >= 0.6 is 0 Å². The number of anilines is 1. The highest BCUT2D eigenvalue weighted by Crippen LogP contribution is 2.36. The van der Waals surface area contributed by atoms with Gasteiger partial charge in [0.05, 0.1) is 35.4 Å². The van der Waals surface area contributed by atoms with Crippen molar-refractivity contribution in [3.63, 3.8) is 0 Å². The SMILES string of the molecule is CC(C)NC(=O)O[C@@H]1CC[C@H](c2cc(NC(=O)c3ccnn3CCN3CCN(CC#Cc4cccc5c4n(C)c(=O)n5C4CCC(=O)NC4=O)CC3)[nH]n2)C1. The number of rotatable bonds is 10. The van der Waals surface area contributed by atoms with Gasteiger partial charge in [0.25, 0.3) is 5.91 Å². The highest BCUT2D eigenvalue weighted by atomic mass is 16.6. The number of imidazole rings is 1. The van der Waals surface area contributed by atoms with Crippen molar-refractivity contribution in [1.29, 1.82) is 0 Å². The molecule has 2 aliphatic heterocycles. The number of aromatic nitrogens is 6. The molecule has 1 aromatic carbocycles. The third-order valence-electron chi connectivity index (χ3n) is 10.5. The molecule has 1 aliphatic carbocycles. The number of alkyl carbamates (subject to hydrolysis) is 1. The van der Waals surface area contributed by atoms with Crippen molar-refractivity contribution in [1.82, 2.24) is 49.5 Å². The van der Waals surface area contributed by atoms with Gasteiger partial charge in [0.2, 0.25) is 11.8 Å². The number of para-hydroxylation sites is 1. The fraction of sp³-hybridized carbons (Fsp3) is 0.500. The minimum absolute atomic E-state index is 0.0138. The number of H-pyrrole nitrogens is 1. The molecule has 4 N–H and O–H groups in total. The lowest BCUT2D eigenvalue weighted by molar-refractivity contribution is -0.135. The van der Waals surface area contributed by atoms with E-state index in [-0.39, 0.29) is 48.4 Å². The number of imide groups is 1. The van der Waals surface area contributed by atoms with Crippen LogP contribution in [0.3, 0.4) is 0 Å². The minimum Gasteiger partial charge on any atom is -0.446 e. The number of piperidine rings is 1. The zero-order valence-electron chi connectivity index (χ0n) is 31.3. The van der Waals surface area contributed by atoms with Gasteiger partial charge < -0.3 is 15.4 Å². The fourth-order valence-electron chi connectivity index (χ4n) is 7.66. The molecule has 0 bridgehead atoms. The zero-order chi connectivity index (χ0) is 38.6. The summed E-state index contributed by atoms with van der Waals surface area (Å²) in [6, 6.07) is 8.32. The number of nitrogens with one attached hydrogen (secondary N) is 4. The molecule has 0 spiro atoms. The molecule has 17 heteroatoms. The Labute approximate surface area is 317 Å². The largest absolute Gasteiger partial charge is 0.446 e. The van der Waals surface area contributed by atoms with Crippen LogP contribution in [-0.4, -0.2) is 114 Å². The summed E-state index contributed by atoms with van der Waals surface area (Å²) in [4.78, 5) is 67.3. The summed E-state index contributed by atoms with van der Waals surface area (Å²) in [6.45, 7) is 8.98. The molecule has 3 atom stereocenters. The standard InChI is InChI=1S/C38H47N11O6/c1-24(2)40-37(53)55-27-10-9-26(22-27)28-23-32(44-43-28)41-35(51)30-13-14-39-48(30)21-20-47-18-16-46(17-19-47)15-5-7-25-6-4-8-29-34(25)45(3)38(54)49(29)31-11-12-33(50)42-36(31)52/h4,6,8,13-14,23-24,26-27,31H,9-12,15-22H2,1-3H3,(H,40,53)(H,42,50,52)(H2,41,43,44,51)/t26-,27+,31?/m0/s1. The van der Waals surface area contributed by atoms with Crippen LogP contribution in [0.5, 0.6) is 0 Å². The summed E-state index contributed by atoms with van der Waals surface area (Å²) in [7, 11) is 1.67. The van der Waals surface area contributed by atoms with Gasteiger partial charge in [-0.3, -0.25) is 48.4 Å². The third kappa shape index (κ3) is 8.50. The van der Waals surface area contributed by atoms with Crippen LogP contribution in [0.15, 0.2) is 41.3 Å². The maximum atomic E-state index is 13.2. The normalized spacial score (nSPS) is 20.7. The van der Waals surface area contributed by atoms with E-state index in [1.165, 1.54) is 9.13 Å². The van der Waals surface area contributed by atoms with Crippen molar-refractivity contribution in [3.05, 3.63) is 64.0 Å². The van der Waals surface area contributed by atoms with E-state index in [0.717, 1.165) is 51.3 Å². The van der Waals surface area contributed by atoms with Crippen molar-refractivity contribution >= 4 is 40.7 Å². The van der Waals surface area contributed by atoms with E-state index < -0.39 is 18.0 Å². The monoisotopic (exact) mass is 753 g/mol. The number of hydrogen-bond acceptors (Lipinski definition) is 10. The number of aromatic amines is 1. The van der Waals surface area contributed by atoms with E-state index in [1.54, 1.807) is 30.1 Å². The van der Waals surface area contributed by atoms with Gasteiger partial charge in [-0.25, -0.2) is 9.59 Å². The maximum Gasteiger partial charge on any atom is 0.407 e. The van der Waals surface area contributed by atoms with Gasteiger partial charge in [0.1, 0.15) is 23.7 Å². The lowest BCUT2D eigenvalue weighted by Crippen LogP contribution is -2.47. The molecule has 3 aromatic heterocycles. The molecule has 7 rings (SSSR count). The van der Waals surface area contributed by atoms with Crippen molar-refractivity contribution in [2.24, 2.45) is 7.05 Å². The molecular weight excluding hydrogens is 706 g/mol. The molecule has 2 saturated heterocycles. The Morgan fingerprint density at radius 1 is 1.04 bits per heavy atom. The Hall–Kier alpha value is -5.73. The summed E-state index contributed by atoms with van der Waals surface area (Å²) in [5.74, 6) is 6.09. The molecule has 0 radical (unpaired) electrons. The predicted octanol–water partition coefficient (Wildman–Crippen LogP) is 1.93. The van der Waals surface area contributed by atoms with Crippen molar-refractivity contribution in [3.8, 4) is 11.8 Å². The Morgan fingerprint density at radius 2 is 1.84 bits per heavy atom. The number of ether oxygens (including phenoxy) is 1. The second kappa shape index (κ2) is 16.3. The number of piperazine rings is 1. The van der Waals surface area contributed by atoms with E-state index in [4.69, 9.17) is 4.74 Å². The van der Waals surface area contributed by atoms with Gasteiger partial charge in [-0.15, -0.1) is 0 Å². The van der Waals surface area contributed by atoms with Crippen LogP contribution in [0.2, 0.25) is 0 Å². The zero-order valence-corrected chi connectivity index (χ0v) is 31.3. The molecule has 17 nitrogen and oxygen atoms in total. The van der Waals surface area contributed by atoms with Gasteiger partial charge in [0.15, 0.2) is 0 Å². The van der Waals surface area contributed by atoms with Gasteiger partial charge in [-0.2, -0.15) is 10.2 Å². The summed E-state index contributed by atoms with van der Waals surface area (Å²) < 4.78 is 10.2. The third-order valence-corrected chi connectivity index (χ3v) is 10.5. The second-order valence-corrected chi connectivity index (χ2v) is 14.7. The number of nitrogens with zero attached hydrogens (tertiary/aromatic N) is 7. The van der Waals surface area contributed by atoms with Gasteiger partial charge in [-0.05, 0) is 57.7 Å².